The molecule has 9 heterocycles. The summed E-state index contributed by atoms with van der Waals surface area (Å²) in [5.41, 5.74) is 17.6. The van der Waals surface area contributed by atoms with Gasteiger partial charge in [-0.15, -0.1) is 30.6 Å². The van der Waals surface area contributed by atoms with Gasteiger partial charge in [-0.05, 0) is 76.3 Å². The van der Waals surface area contributed by atoms with Crippen molar-refractivity contribution in [3.63, 3.8) is 0 Å². The molecule has 13 rings (SSSR count). The predicted octanol–water partition coefficient (Wildman–Crippen LogP) is 9.83. The van der Waals surface area contributed by atoms with Crippen LogP contribution >= 0.6 is 0 Å². The zero-order valence-electron chi connectivity index (χ0n) is 47.2. The molecule has 4 aromatic carbocycles. The molecule has 20 heteroatoms. The Morgan fingerprint density at radius 1 is 0.378 bits per heavy atom. The molecule has 0 spiro atoms. The first-order valence-corrected chi connectivity index (χ1v) is 27.3. The summed E-state index contributed by atoms with van der Waals surface area (Å²) in [4.78, 5) is 30.5. The first-order chi connectivity index (χ1) is 39.9. The lowest BCUT2D eigenvalue weighted by molar-refractivity contribution is 0.771. The van der Waals surface area contributed by atoms with Gasteiger partial charge in [0.1, 0.15) is 34.6 Å². The highest BCUT2D eigenvalue weighted by atomic mass is 15.3. The van der Waals surface area contributed by atoms with Crippen molar-refractivity contribution in [1.82, 2.24) is 87.4 Å². The molecule has 0 saturated carbocycles. The molecule has 0 aliphatic rings. The minimum Gasteiger partial charge on any atom is -0.370 e. The molecule has 0 radical (unpaired) electrons. The second kappa shape index (κ2) is 20.8. The molecule has 9 aromatic heterocycles. The molecule has 0 aliphatic carbocycles. The maximum atomic E-state index is 5.24. The van der Waals surface area contributed by atoms with Gasteiger partial charge in [-0.1, -0.05) is 109 Å². The third-order valence-corrected chi connectivity index (χ3v) is 15.6. The fraction of sp³-hybridized carbons (Fsp3) is 0.226. The molecule has 20 nitrogen and oxygen atoms in total. The van der Waals surface area contributed by atoms with Gasteiger partial charge in [-0.3, -0.25) is 13.2 Å². The quantitative estimate of drug-likeness (QED) is 0.0924. The maximum absolute atomic E-state index is 5.24. The smallest absolute Gasteiger partial charge is 0.203 e. The summed E-state index contributed by atoms with van der Waals surface area (Å²) in [6.45, 7) is 16.2. The monoisotopic (exact) mass is 1080 g/mol. The highest BCUT2D eigenvalue weighted by Crippen LogP contribution is 2.32. The molecule has 2 N–H and O–H groups in total. The lowest BCUT2D eigenvalue weighted by Crippen LogP contribution is -2.09. The van der Waals surface area contributed by atoms with Crippen LogP contribution in [0.2, 0.25) is 0 Å². The van der Waals surface area contributed by atoms with Crippen LogP contribution in [0.3, 0.4) is 0 Å². The van der Waals surface area contributed by atoms with Crippen molar-refractivity contribution in [3.8, 4) is 45.8 Å². The number of benzene rings is 4. The standard InChI is InChI=1S/C62H60N20/c1-36-39(4)77(30-44-17-12-10-13-18-44)58(66-36)49-34-81-53(72-74-57(81)38(3)65-49)29-46-19-16-20-47(27-46)32-78-40(5)37(2)67-59(78)51-35-82-52(73-76-62(82)56(64-9)69-51)28-43-23-25-45(26-24-43)31-79-41(6)54(48-21-14-11-15-22-48)70-60(79)50-33-80-42(7)71-75-61(80)55(63-8)68-50/h10-27,33-35H,28-32H2,1-9H3,(H,63,68)(H,64,69). The van der Waals surface area contributed by atoms with E-state index in [1.54, 1.807) is 0 Å². The largest absolute Gasteiger partial charge is 0.370 e. The molecule has 0 atom stereocenters. The van der Waals surface area contributed by atoms with E-state index in [9.17, 15) is 0 Å². The number of rotatable bonds is 16. The third kappa shape index (κ3) is 9.26. The molecule has 0 bridgehead atoms. The van der Waals surface area contributed by atoms with E-state index in [-0.39, 0.29) is 0 Å². The Labute approximate surface area is 472 Å². The van der Waals surface area contributed by atoms with Crippen molar-refractivity contribution in [3.05, 3.63) is 207 Å². The Kier molecular flexibility index (Phi) is 13.0. The van der Waals surface area contributed by atoms with Crippen LogP contribution in [0.25, 0.3) is 62.8 Å². The zero-order chi connectivity index (χ0) is 56.3. The molecule has 0 amide bonds. The van der Waals surface area contributed by atoms with Crippen LogP contribution in [0, 0.1) is 48.5 Å². The average molecular weight is 1090 g/mol. The topological polar surface area (TPSA) is 207 Å². The van der Waals surface area contributed by atoms with Crippen LogP contribution < -0.4 is 10.6 Å². The molecule has 0 fully saturated rings. The second-order valence-electron chi connectivity index (χ2n) is 20.9. The molecule has 0 aliphatic heterocycles. The van der Waals surface area contributed by atoms with Crippen LogP contribution in [0.4, 0.5) is 11.6 Å². The predicted molar refractivity (Wildman–Crippen MR) is 316 cm³/mol. The van der Waals surface area contributed by atoms with Gasteiger partial charge in [-0.2, -0.15) is 0 Å². The Morgan fingerprint density at radius 3 is 1.48 bits per heavy atom. The molecule has 0 unspecified atom stereocenters. The van der Waals surface area contributed by atoms with Gasteiger partial charge in [0, 0.05) is 87.8 Å². The van der Waals surface area contributed by atoms with Gasteiger partial charge in [0.15, 0.2) is 34.8 Å². The molecule has 82 heavy (non-hydrogen) atoms. The summed E-state index contributed by atoms with van der Waals surface area (Å²) >= 11 is 0. The summed E-state index contributed by atoms with van der Waals surface area (Å²) in [6, 6.07) is 38.0. The minimum atomic E-state index is 0.534. The highest BCUT2D eigenvalue weighted by Gasteiger charge is 2.24. The van der Waals surface area contributed by atoms with Gasteiger partial charge in [0.05, 0.1) is 22.8 Å². The first-order valence-electron chi connectivity index (χ1n) is 27.3. The van der Waals surface area contributed by atoms with Crippen molar-refractivity contribution in [2.75, 3.05) is 24.7 Å². The minimum absolute atomic E-state index is 0.534. The number of fused-ring (bicyclic) bond motifs is 3. The summed E-state index contributed by atoms with van der Waals surface area (Å²) in [5, 5.41) is 33.8. The van der Waals surface area contributed by atoms with Crippen LogP contribution in [-0.4, -0.2) is 101 Å². The SMILES string of the molecule is CNc1nc(-c2nc(-c3ccccc3)c(C)n2Cc2ccc(Cc3nnc4c(NC)nc(-c5nc(C)c(C)n5Cc5cccc(Cc6nnc7c(C)nc(-c8nc(C)c(C)n8Cc8ccccc8)cn67)c5)cn34)cc2)cn2c(C)nnc12. The van der Waals surface area contributed by atoms with Crippen molar-refractivity contribution < 1.29 is 0 Å². The average Bonchev–Trinajstić information content (AvgIpc) is 4.55. The van der Waals surface area contributed by atoms with Crippen molar-refractivity contribution in [2.24, 2.45) is 0 Å². The number of hydrogen-bond donors (Lipinski definition) is 2. The van der Waals surface area contributed by atoms with Gasteiger partial charge in [0.2, 0.25) is 11.3 Å². The van der Waals surface area contributed by atoms with Gasteiger partial charge < -0.3 is 24.3 Å². The van der Waals surface area contributed by atoms with E-state index >= 15 is 0 Å². The summed E-state index contributed by atoms with van der Waals surface area (Å²) < 4.78 is 12.8. The third-order valence-electron chi connectivity index (χ3n) is 15.6. The maximum Gasteiger partial charge on any atom is 0.203 e. The van der Waals surface area contributed by atoms with Gasteiger partial charge in [0.25, 0.3) is 0 Å². The number of nitrogens with zero attached hydrogens (tertiary/aromatic N) is 18. The number of aromatic nitrogens is 18. The number of imidazole rings is 3. The Hall–Kier alpha value is -10.2. The molecule has 13 aromatic rings. The molecule has 0 saturated heterocycles. The molecular weight excluding hydrogens is 1020 g/mol. The van der Waals surface area contributed by atoms with E-state index < -0.39 is 0 Å². The van der Waals surface area contributed by atoms with E-state index in [0.29, 0.717) is 66.8 Å². The number of nitrogens with one attached hydrogen (secondary N) is 2. The lowest BCUT2D eigenvalue weighted by Gasteiger charge is -2.13. The summed E-state index contributed by atoms with van der Waals surface area (Å²) in [5.74, 6) is 5.89. The van der Waals surface area contributed by atoms with E-state index in [2.05, 4.69) is 155 Å². The molecule has 408 valence electrons. The number of anilines is 2. The van der Waals surface area contributed by atoms with E-state index in [0.717, 1.165) is 114 Å². The first kappa shape index (κ1) is 51.2. The molecular formula is C62H60N20. The Bertz CT molecular complexity index is 4540. The zero-order valence-corrected chi connectivity index (χ0v) is 47.2. The summed E-state index contributed by atoms with van der Waals surface area (Å²) in [7, 11) is 3.70. The van der Waals surface area contributed by atoms with E-state index in [4.69, 9.17) is 40.1 Å². The van der Waals surface area contributed by atoms with Crippen molar-refractivity contribution in [1.29, 1.82) is 0 Å². The van der Waals surface area contributed by atoms with Gasteiger partial charge >= 0.3 is 0 Å². The Morgan fingerprint density at radius 2 is 0.841 bits per heavy atom. The van der Waals surface area contributed by atoms with Crippen LogP contribution in [-0.2, 0) is 32.5 Å². The second-order valence-corrected chi connectivity index (χ2v) is 20.9. The van der Waals surface area contributed by atoms with Crippen LogP contribution in [0.1, 0.15) is 79.5 Å². The highest BCUT2D eigenvalue weighted by molar-refractivity contribution is 5.71. The number of hydrogen-bond acceptors (Lipinski definition) is 14. The fourth-order valence-corrected chi connectivity index (χ4v) is 10.9. The number of aryl methyl sites for hydroxylation is 4. The lowest BCUT2D eigenvalue weighted by atomic mass is 10.1. The van der Waals surface area contributed by atoms with Crippen LogP contribution in [0.5, 0.6) is 0 Å². The van der Waals surface area contributed by atoms with Crippen LogP contribution in [0.15, 0.2) is 128 Å². The van der Waals surface area contributed by atoms with E-state index in [1.165, 1.54) is 5.56 Å². The van der Waals surface area contributed by atoms with Crippen molar-refractivity contribution in [2.45, 2.75) is 80.9 Å². The van der Waals surface area contributed by atoms with Gasteiger partial charge in [-0.25, -0.2) is 29.9 Å². The normalized spacial score (nSPS) is 11.7. The van der Waals surface area contributed by atoms with Crippen molar-refractivity contribution >= 4 is 28.6 Å². The Balaban J connectivity index is 0.766. The summed E-state index contributed by atoms with van der Waals surface area (Å²) in [6.07, 6.45) is 7.09. The van der Waals surface area contributed by atoms with E-state index in [1.807, 2.05) is 93.4 Å². The fourth-order valence-electron chi connectivity index (χ4n) is 10.9.